The lowest BCUT2D eigenvalue weighted by Gasteiger charge is -2.07. The van der Waals surface area contributed by atoms with Crippen LogP contribution in [0, 0.1) is 0 Å². The number of rotatable bonds is 4. The molecule has 18 heavy (non-hydrogen) atoms. The van der Waals surface area contributed by atoms with E-state index in [9.17, 15) is 13.2 Å². The molecule has 0 bridgehead atoms. The van der Waals surface area contributed by atoms with E-state index in [0.29, 0.717) is 0 Å². The van der Waals surface area contributed by atoms with Gasteiger partial charge in [0.1, 0.15) is 0 Å². The van der Waals surface area contributed by atoms with Gasteiger partial charge in [-0.2, -0.15) is 0 Å². The van der Waals surface area contributed by atoms with Gasteiger partial charge >= 0.3 is 5.97 Å². The molecule has 0 atom stereocenters. The molecule has 0 saturated heterocycles. The minimum Gasteiger partial charge on any atom is -0.478 e. The van der Waals surface area contributed by atoms with E-state index in [-0.39, 0.29) is 26.3 Å². The van der Waals surface area contributed by atoms with Crippen molar-refractivity contribution < 1.29 is 18.3 Å². The maximum absolute atomic E-state index is 11.9. The fourth-order valence-corrected chi connectivity index (χ4v) is 3.34. The second kappa shape index (κ2) is 5.73. The van der Waals surface area contributed by atoms with Crippen LogP contribution in [0.3, 0.4) is 0 Å². The summed E-state index contributed by atoms with van der Waals surface area (Å²) in [5.41, 5.74) is -0.292. The molecule has 0 fully saturated rings. The number of benzene rings is 1. The molecule has 0 saturated carbocycles. The van der Waals surface area contributed by atoms with Crippen molar-refractivity contribution in [1.82, 2.24) is 0 Å². The number of hydrogen-bond donors (Lipinski definition) is 1. The van der Waals surface area contributed by atoms with Crippen molar-refractivity contribution in [1.29, 1.82) is 0 Å². The van der Waals surface area contributed by atoms with Gasteiger partial charge in [0.25, 0.3) is 0 Å². The quantitative estimate of drug-likeness (QED) is 0.868. The van der Waals surface area contributed by atoms with E-state index >= 15 is 0 Å². The zero-order valence-corrected chi connectivity index (χ0v) is 11.7. The Balaban J connectivity index is 3.42. The third-order valence-corrected chi connectivity index (χ3v) is 4.52. The maximum Gasteiger partial charge on any atom is 0.337 e. The maximum atomic E-state index is 11.9. The Bertz CT molecular complexity index is 606. The van der Waals surface area contributed by atoms with Crippen LogP contribution in [0.15, 0.2) is 29.2 Å². The number of carboxylic acid groups (broad SMARTS) is 1. The molecule has 98 valence electrons. The van der Waals surface area contributed by atoms with E-state index in [2.05, 4.69) is 0 Å². The summed E-state index contributed by atoms with van der Waals surface area (Å²) in [4.78, 5) is 10.7. The number of hydrogen-bond acceptors (Lipinski definition) is 3. The Morgan fingerprint density at radius 2 is 1.94 bits per heavy atom. The van der Waals surface area contributed by atoms with Gasteiger partial charge in [-0.15, -0.1) is 0 Å². The third-order valence-electron chi connectivity index (χ3n) is 2.14. The topological polar surface area (TPSA) is 71.4 Å². The average Bonchev–Trinajstić information content (AvgIpc) is 2.25. The van der Waals surface area contributed by atoms with Crippen LogP contribution >= 0.6 is 23.2 Å². The number of allylic oxidation sites excluding steroid dienone is 1. The molecule has 0 aliphatic carbocycles. The largest absolute Gasteiger partial charge is 0.478 e. The molecular weight excluding hydrogens is 299 g/mol. The van der Waals surface area contributed by atoms with E-state index < -0.39 is 15.8 Å². The number of aromatic carboxylic acids is 1. The molecular formula is C11H10Cl2O4S. The van der Waals surface area contributed by atoms with E-state index in [0.717, 1.165) is 12.1 Å². The highest BCUT2D eigenvalue weighted by Crippen LogP contribution is 2.29. The van der Waals surface area contributed by atoms with Crippen LogP contribution in [0.4, 0.5) is 0 Å². The molecule has 0 heterocycles. The molecule has 0 aliphatic heterocycles. The molecule has 0 amide bonds. The van der Waals surface area contributed by atoms with Gasteiger partial charge in [0.05, 0.1) is 26.3 Å². The fraction of sp³-hybridized carbons (Fsp3) is 0.182. The smallest absolute Gasteiger partial charge is 0.337 e. The lowest BCUT2D eigenvalue weighted by molar-refractivity contribution is 0.0697. The van der Waals surface area contributed by atoms with Crippen molar-refractivity contribution >= 4 is 39.0 Å². The van der Waals surface area contributed by atoms with Crippen molar-refractivity contribution in [2.45, 2.75) is 11.8 Å². The summed E-state index contributed by atoms with van der Waals surface area (Å²) in [5, 5.41) is 8.70. The highest BCUT2D eigenvalue weighted by Gasteiger charge is 2.21. The molecule has 1 aromatic carbocycles. The summed E-state index contributed by atoms with van der Waals surface area (Å²) in [6.45, 7) is 1.68. The van der Waals surface area contributed by atoms with Crippen LogP contribution in [0.25, 0.3) is 0 Å². The number of sulfone groups is 1. The summed E-state index contributed by atoms with van der Waals surface area (Å²) in [7, 11) is -3.67. The monoisotopic (exact) mass is 308 g/mol. The lowest BCUT2D eigenvalue weighted by Crippen LogP contribution is -2.08. The highest BCUT2D eigenvalue weighted by molar-refractivity contribution is 7.91. The fourth-order valence-electron chi connectivity index (χ4n) is 1.24. The summed E-state index contributed by atoms with van der Waals surface area (Å²) < 4.78 is 23.9. The van der Waals surface area contributed by atoms with Gasteiger partial charge in [-0.05, 0) is 19.1 Å². The summed E-state index contributed by atoms with van der Waals surface area (Å²) in [6.07, 6.45) is 3.03. The Hall–Kier alpha value is -1.04. The minimum absolute atomic E-state index is 0.0884. The Morgan fingerprint density at radius 3 is 2.44 bits per heavy atom. The zero-order chi connectivity index (χ0) is 13.9. The molecule has 1 aromatic rings. The highest BCUT2D eigenvalue weighted by atomic mass is 35.5. The first-order valence-electron chi connectivity index (χ1n) is 4.86. The number of carbonyl (C=O) groups is 1. The lowest BCUT2D eigenvalue weighted by atomic mass is 10.2. The van der Waals surface area contributed by atoms with Crippen LogP contribution in [0.1, 0.15) is 17.3 Å². The van der Waals surface area contributed by atoms with Crippen LogP contribution < -0.4 is 0 Å². The summed E-state index contributed by atoms with van der Waals surface area (Å²) >= 11 is 11.5. The molecule has 0 aliphatic rings. The third kappa shape index (κ3) is 3.25. The van der Waals surface area contributed by atoms with E-state index in [1.165, 1.54) is 6.08 Å². The average molecular weight is 309 g/mol. The van der Waals surface area contributed by atoms with E-state index in [1.807, 2.05) is 0 Å². The number of halogens is 2. The molecule has 0 radical (unpaired) electrons. The molecule has 1 N–H and O–H groups in total. The van der Waals surface area contributed by atoms with Gasteiger partial charge in [-0.25, -0.2) is 13.2 Å². The first-order chi connectivity index (χ1) is 8.29. The molecule has 0 spiro atoms. The summed E-state index contributed by atoms with van der Waals surface area (Å²) in [6, 6.07) is 2.10. The zero-order valence-electron chi connectivity index (χ0n) is 9.35. The van der Waals surface area contributed by atoms with Crippen molar-refractivity contribution in [3.05, 3.63) is 39.9 Å². The second-order valence-corrected chi connectivity index (χ2v) is 6.24. The van der Waals surface area contributed by atoms with Gasteiger partial charge in [0.15, 0.2) is 9.84 Å². The predicted molar refractivity (Wildman–Crippen MR) is 70.3 cm³/mol. The van der Waals surface area contributed by atoms with Crippen LogP contribution in [-0.4, -0.2) is 25.2 Å². The first kappa shape index (κ1) is 15.0. The van der Waals surface area contributed by atoms with Crippen LogP contribution in [0.5, 0.6) is 0 Å². The predicted octanol–water partition coefficient (Wildman–Crippen LogP) is 3.04. The molecule has 0 unspecified atom stereocenters. The second-order valence-electron chi connectivity index (χ2n) is 3.42. The van der Waals surface area contributed by atoms with Gasteiger partial charge < -0.3 is 5.11 Å². The van der Waals surface area contributed by atoms with Gasteiger partial charge in [-0.3, -0.25) is 0 Å². The van der Waals surface area contributed by atoms with Crippen molar-refractivity contribution in [2.75, 3.05) is 5.75 Å². The van der Waals surface area contributed by atoms with E-state index in [4.69, 9.17) is 28.3 Å². The van der Waals surface area contributed by atoms with Crippen molar-refractivity contribution in [3.63, 3.8) is 0 Å². The Morgan fingerprint density at radius 1 is 1.33 bits per heavy atom. The minimum atomic E-state index is -3.67. The first-order valence-corrected chi connectivity index (χ1v) is 7.26. The van der Waals surface area contributed by atoms with Crippen molar-refractivity contribution in [3.8, 4) is 0 Å². The van der Waals surface area contributed by atoms with Crippen LogP contribution in [0.2, 0.25) is 10.0 Å². The molecule has 7 heteroatoms. The van der Waals surface area contributed by atoms with Gasteiger partial charge in [0, 0.05) is 0 Å². The number of carboxylic acids is 1. The Labute approximate surface area is 115 Å². The standard InChI is InChI=1S/C11H10Cl2O4S/c1-2-3-4-18(16,17)10-5-7(11(14)15)8(12)6-9(10)13/h2-3,5-6H,4H2,1H3,(H,14,15)/b3-2+. The summed E-state index contributed by atoms with van der Waals surface area (Å²) in [5.74, 6) is -1.55. The van der Waals surface area contributed by atoms with Crippen LogP contribution in [-0.2, 0) is 9.84 Å². The Kier molecular flexibility index (Phi) is 4.78. The van der Waals surface area contributed by atoms with E-state index in [1.54, 1.807) is 13.0 Å². The van der Waals surface area contributed by atoms with Gasteiger partial charge in [-0.1, -0.05) is 35.4 Å². The van der Waals surface area contributed by atoms with Gasteiger partial charge in [0.2, 0.25) is 0 Å². The molecule has 0 aromatic heterocycles. The van der Waals surface area contributed by atoms with Crippen molar-refractivity contribution in [2.24, 2.45) is 0 Å². The SMILES string of the molecule is C/C=C/CS(=O)(=O)c1cc(C(=O)O)c(Cl)cc1Cl. The normalized spacial score (nSPS) is 11.9. The molecule has 4 nitrogen and oxygen atoms in total. The molecule has 1 rings (SSSR count).